The third kappa shape index (κ3) is 1.87. The second-order valence-electron chi connectivity index (χ2n) is 5.31. The summed E-state index contributed by atoms with van der Waals surface area (Å²) in [5.41, 5.74) is 6.26. The molecular formula is C18H13NS. The molecule has 0 atom stereocenters. The first-order valence-electron chi connectivity index (χ1n) is 6.89. The summed E-state index contributed by atoms with van der Waals surface area (Å²) < 4.78 is 0. The highest BCUT2D eigenvalue weighted by Gasteiger charge is 2.17. The molecular weight excluding hydrogens is 262 g/mol. The minimum Gasteiger partial charge on any atom is -0.192 e. The number of fused-ring (bicyclic) bond motifs is 3. The Morgan fingerprint density at radius 3 is 2.50 bits per heavy atom. The molecule has 0 amide bonds. The lowest BCUT2D eigenvalue weighted by Gasteiger charge is -2.09. The van der Waals surface area contributed by atoms with E-state index in [2.05, 4.69) is 30.4 Å². The van der Waals surface area contributed by atoms with E-state index in [-0.39, 0.29) is 0 Å². The van der Waals surface area contributed by atoms with Crippen LogP contribution in [0.2, 0.25) is 0 Å². The van der Waals surface area contributed by atoms with Gasteiger partial charge in [-0.3, -0.25) is 0 Å². The van der Waals surface area contributed by atoms with Crippen LogP contribution >= 0.6 is 11.8 Å². The summed E-state index contributed by atoms with van der Waals surface area (Å²) in [5.74, 6) is 0. The minimum atomic E-state index is 0.731. The van der Waals surface area contributed by atoms with Gasteiger partial charge in [0.05, 0.1) is 11.6 Å². The van der Waals surface area contributed by atoms with E-state index < -0.39 is 0 Å². The smallest absolute Gasteiger partial charge is 0.0992 e. The van der Waals surface area contributed by atoms with Crippen molar-refractivity contribution in [2.24, 2.45) is 0 Å². The quantitative estimate of drug-likeness (QED) is 0.594. The predicted molar refractivity (Wildman–Crippen MR) is 82.7 cm³/mol. The highest BCUT2D eigenvalue weighted by molar-refractivity contribution is 7.99. The molecule has 1 aliphatic carbocycles. The molecule has 0 spiro atoms. The van der Waals surface area contributed by atoms with Crippen molar-refractivity contribution in [3.05, 3.63) is 58.1 Å². The SMILES string of the molecule is N#Cc1ccc2c(c1)Sc1cc3c(cc1C=C2)CCC3. The zero-order chi connectivity index (χ0) is 13.5. The number of hydrogen-bond donors (Lipinski definition) is 0. The van der Waals surface area contributed by atoms with Gasteiger partial charge in [0.25, 0.3) is 0 Å². The number of hydrogen-bond acceptors (Lipinski definition) is 2. The maximum atomic E-state index is 9.05. The maximum absolute atomic E-state index is 9.05. The van der Waals surface area contributed by atoms with Gasteiger partial charge in [-0.05, 0) is 59.7 Å². The first kappa shape index (κ1) is 11.8. The first-order valence-corrected chi connectivity index (χ1v) is 7.71. The average Bonchev–Trinajstić information content (AvgIpc) is 2.84. The van der Waals surface area contributed by atoms with E-state index in [9.17, 15) is 0 Å². The Labute approximate surface area is 122 Å². The summed E-state index contributed by atoms with van der Waals surface area (Å²) in [7, 11) is 0. The second-order valence-corrected chi connectivity index (χ2v) is 6.40. The normalized spacial score (nSPS) is 14.9. The van der Waals surface area contributed by atoms with E-state index in [0.717, 1.165) is 5.56 Å². The van der Waals surface area contributed by atoms with Crippen molar-refractivity contribution >= 4 is 23.9 Å². The van der Waals surface area contributed by atoms with Gasteiger partial charge in [-0.2, -0.15) is 5.26 Å². The summed E-state index contributed by atoms with van der Waals surface area (Å²) in [4.78, 5) is 2.49. The molecule has 20 heavy (non-hydrogen) atoms. The summed E-state index contributed by atoms with van der Waals surface area (Å²) in [5, 5.41) is 9.05. The summed E-state index contributed by atoms with van der Waals surface area (Å²) in [6.45, 7) is 0. The molecule has 0 aromatic heterocycles. The van der Waals surface area contributed by atoms with Gasteiger partial charge in [0.2, 0.25) is 0 Å². The molecule has 2 aromatic carbocycles. The Morgan fingerprint density at radius 2 is 1.65 bits per heavy atom. The van der Waals surface area contributed by atoms with E-state index in [0.29, 0.717) is 0 Å². The van der Waals surface area contributed by atoms with Crippen LogP contribution < -0.4 is 0 Å². The van der Waals surface area contributed by atoms with Crippen LogP contribution in [-0.2, 0) is 12.8 Å². The van der Waals surface area contributed by atoms with Crippen molar-refractivity contribution in [2.45, 2.75) is 29.1 Å². The molecule has 2 heteroatoms. The monoisotopic (exact) mass is 275 g/mol. The third-order valence-electron chi connectivity index (χ3n) is 4.03. The molecule has 0 unspecified atom stereocenters. The standard InChI is InChI=1S/C18H13NS/c19-11-12-4-5-13-6-7-16-9-14-2-1-3-15(14)10-18(16)20-17(13)8-12/h4-10H,1-3H2. The Hall–Kier alpha value is -1.98. The Kier molecular flexibility index (Phi) is 2.68. The lowest BCUT2D eigenvalue weighted by atomic mass is 10.0. The van der Waals surface area contributed by atoms with Crippen molar-refractivity contribution < 1.29 is 0 Å². The van der Waals surface area contributed by atoms with E-state index in [4.69, 9.17) is 5.26 Å². The first-order chi connectivity index (χ1) is 9.83. The highest BCUT2D eigenvalue weighted by Crippen LogP contribution is 2.40. The molecule has 2 aliphatic rings. The topological polar surface area (TPSA) is 23.8 Å². The second kappa shape index (κ2) is 4.54. The van der Waals surface area contributed by atoms with Gasteiger partial charge in [-0.1, -0.05) is 36.0 Å². The molecule has 1 heterocycles. The lowest BCUT2D eigenvalue weighted by molar-refractivity contribution is 0.911. The Balaban J connectivity index is 1.86. The maximum Gasteiger partial charge on any atom is 0.0992 e. The van der Waals surface area contributed by atoms with Gasteiger partial charge in [-0.25, -0.2) is 0 Å². The van der Waals surface area contributed by atoms with Crippen LogP contribution in [0.15, 0.2) is 40.1 Å². The van der Waals surface area contributed by atoms with E-state index in [1.807, 2.05) is 18.2 Å². The van der Waals surface area contributed by atoms with Crippen LogP contribution in [0.3, 0.4) is 0 Å². The van der Waals surface area contributed by atoms with E-state index in [1.54, 1.807) is 11.8 Å². The van der Waals surface area contributed by atoms with Crippen LogP contribution in [0, 0.1) is 11.3 Å². The Morgan fingerprint density at radius 1 is 0.900 bits per heavy atom. The number of aryl methyl sites for hydroxylation is 2. The fraction of sp³-hybridized carbons (Fsp3) is 0.167. The fourth-order valence-electron chi connectivity index (χ4n) is 2.97. The summed E-state index contributed by atoms with van der Waals surface area (Å²) in [6, 6.07) is 12.8. The molecule has 0 radical (unpaired) electrons. The van der Waals surface area contributed by atoms with Gasteiger partial charge in [-0.15, -0.1) is 0 Å². The molecule has 96 valence electrons. The van der Waals surface area contributed by atoms with Crippen LogP contribution in [0.1, 0.15) is 34.2 Å². The predicted octanol–water partition coefficient (Wildman–Crippen LogP) is 4.68. The van der Waals surface area contributed by atoms with Crippen LogP contribution in [-0.4, -0.2) is 0 Å². The average molecular weight is 275 g/mol. The fourth-order valence-corrected chi connectivity index (χ4v) is 4.09. The molecule has 0 saturated carbocycles. The molecule has 4 rings (SSSR count). The van der Waals surface area contributed by atoms with Gasteiger partial charge in [0.15, 0.2) is 0 Å². The number of nitriles is 1. The molecule has 0 fully saturated rings. The number of rotatable bonds is 0. The van der Waals surface area contributed by atoms with Crippen LogP contribution in [0.25, 0.3) is 12.2 Å². The van der Waals surface area contributed by atoms with Crippen molar-refractivity contribution in [1.82, 2.24) is 0 Å². The lowest BCUT2D eigenvalue weighted by Crippen LogP contribution is -1.87. The van der Waals surface area contributed by atoms with Crippen LogP contribution in [0.5, 0.6) is 0 Å². The van der Waals surface area contributed by atoms with Crippen LogP contribution in [0.4, 0.5) is 0 Å². The van der Waals surface area contributed by atoms with Gasteiger partial charge in [0.1, 0.15) is 0 Å². The zero-order valence-corrected chi connectivity index (χ0v) is 11.8. The van der Waals surface area contributed by atoms with Crippen molar-refractivity contribution in [3.8, 4) is 6.07 Å². The van der Waals surface area contributed by atoms with Crippen molar-refractivity contribution in [3.63, 3.8) is 0 Å². The summed E-state index contributed by atoms with van der Waals surface area (Å²) in [6.07, 6.45) is 8.07. The minimum absolute atomic E-state index is 0.731. The summed E-state index contributed by atoms with van der Waals surface area (Å²) >= 11 is 1.79. The number of benzene rings is 2. The van der Waals surface area contributed by atoms with Gasteiger partial charge >= 0.3 is 0 Å². The zero-order valence-electron chi connectivity index (χ0n) is 11.0. The number of nitrogens with zero attached hydrogens (tertiary/aromatic N) is 1. The molecule has 1 nitrogen and oxygen atoms in total. The van der Waals surface area contributed by atoms with Crippen molar-refractivity contribution in [2.75, 3.05) is 0 Å². The highest BCUT2D eigenvalue weighted by atomic mass is 32.2. The van der Waals surface area contributed by atoms with Gasteiger partial charge in [0, 0.05) is 9.79 Å². The molecule has 2 aromatic rings. The Bertz CT molecular complexity index is 781. The van der Waals surface area contributed by atoms with E-state index >= 15 is 0 Å². The molecule has 1 aliphatic heterocycles. The van der Waals surface area contributed by atoms with E-state index in [1.165, 1.54) is 51.3 Å². The molecule has 0 bridgehead atoms. The largest absolute Gasteiger partial charge is 0.192 e. The molecule has 0 saturated heterocycles. The molecule has 0 N–H and O–H groups in total. The van der Waals surface area contributed by atoms with Gasteiger partial charge < -0.3 is 0 Å². The van der Waals surface area contributed by atoms with Crippen molar-refractivity contribution in [1.29, 1.82) is 5.26 Å². The third-order valence-corrected chi connectivity index (χ3v) is 5.18.